The first-order valence-corrected chi connectivity index (χ1v) is 6.25. The zero-order chi connectivity index (χ0) is 14.0. The molecule has 2 heterocycles. The molecule has 0 saturated carbocycles. The number of amides is 2. The highest BCUT2D eigenvalue weighted by molar-refractivity contribution is 5.95. The fraction of sp³-hybridized carbons (Fsp3) is 0.462. The fourth-order valence-corrected chi connectivity index (χ4v) is 2.25. The highest BCUT2D eigenvalue weighted by Gasteiger charge is 2.22. The van der Waals surface area contributed by atoms with Crippen molar-refractivity contribution in [3.63, 3.8) is 0 Å². The van der Waals surface area contributed by atoms with Crippen LogP contribution in [0.25, 0.3) is 0 Å². The van der Waals surface area contributed by atoms with Crippen molar-refractivity contribution in [1.82, 2.24) is 15.6 Å². The van der Waals surface area contributed by atoms with Gasteiger partial charge in [0.15, 0.2) is 0 Å². The SMILES string of the molecule is Cc1cc(C)c(C(=O)NC2CCC(=O)NC2)c(=O)[nH]1. The summed E-state index contributed by atoms with van der Waals surface area (Å²) >= 11 is 0. The molecule has 19 heavy (non-hydrogen) atoms. The third-order valence-electron chi connectivity index (χ3n) is 3.19. The lowest BCUT2D eigenvalue weighted by Crippen LogP contribution is -2.48. The zero-order valence-corrected chi connectivity index (χ0v) is 11.0. The van der Waals surface area contributed by atoms with Gasteiger partial charge in [0.1, 0.15) is 5.56 Å². The first-order valence-electron chi connectivity index (χ1n) is 6.25. The molecule has 1 aromatic heterocycles. The molecule has 0 aromatic carbocycles. The van der Waals surface area contributed by atoms with Gasteiger partial charge in [-0.05, 0) is 31.9 Å². The number of aromatic nitrogens is 1. The van der Waals surface area contributed by atoms with Crippen molar-refractivity contribution < 1.29 is 9.59 Å². The molecule has 1 aromatic rings. The Balaban J connectivity index is 2.12. The van der Waals surface area contributed by atoms with Gasteiger partial charge in [0.05, 0.1) is 0 Å². The molecule has 1 fully saturated rings. The molecule has 0 radical (unpaired) electrons. The van der Waals surface area contributed by atoms with Crippen molar-refractivity contribution in [3.8, 4) is 0 Å². The van der Waals surface area contributed by atoms with Crippen LogP contribution in [-0.2, 0) is 4.79 Å². The largest absolute Gasteiger partial charge is 0.354 e. The molecular weight excluding hydrogens is 246 g/mol. The average Bonchev–Trinajstić information content (AvgIpc) is 2.30. The van der Waals surface area contributed by atoms with Crippen molar-refractivity contribution in [2.45, 2.75) is 32.7 Å². The van der Waals surface area contributed by atoms with Crippen LogP contribution in [0.5, 0.6) is 0 Å². The third-order valence-corrected chi connectivity index (χ3v) is 3.19. The molecule has 1 aliphatic rings. The highest BCUT2D eigenvalue weighted by atomic mass is 16.2. The molecule has 0 spiro atoms. The molecule has 6 heteroatoms. The van der Waals surface area contributed by atoms with Crippen molar-refractivity contribution in [3.05, 3.63) is 33.2 Å². The summed E-state index contributed by atoms with van der Waals surface area (Å²) in [6, 6.07) is 1.64. The Labute approximate surface area is 110 Å². The van der Waals surface area contributed by atoms with Crippen LogP contribution in [-0.4, -0.2) is 29.4 Å². The van der Waals surface area contributed by atoms with Gasteiger partial charge in [-0.25, -0.2) is 0 Å². The molecule has 1 unspecified atom stereocenters. The van der Waals surface area contributed by atoms with Gasteiger partial charge in [0, 0.05) is 24.7 Å². The zero-order valence-electron chi connectivity index (χ0n) is 11.0. The minimum Gasteiger partial charge on any atom is -0.354 e. The van der Waals surface area contributed by atoms with E-state index >= 15 is 0 Å². The number of pyridine rings is 1. The standard InChI is InChI=1S/C13H17N3O3/c1-7-5-8(2)15-12(18)11(7)13(19)16-9-3-4-10(17)14-6-9/h5,9H,3-4,6H2,1-2H3,(H,14,17)(H,15,18)(H,16,19). The van der Waals surface area contributed by atoms with Gasteiger partial charge in [-0.15, -0.1) is 0 Å². The number of aromatic amines is 1. The first-order chi connectivity index (χ1) is 8.97. The van der Waals surface area contributed by atoms with Crippen molar-refractivity contribution in [1.29, 1.82) is 0 Å². The summed E-state index contributed by atoms with van der Waals surface area (Å²) in [6.07, 6.45) is 0.995. The fourth-order valence-electron chi connectivity index (χ4n) is 2.25. The molecule has 0 bridgehead atoms. The van der Waals surface area contributed by atoms with Crippen molar-refractivity contribution >= 4 is 11.8 Å². The lowest BCUT2D eigenvalue weighted by Gasteiger charge is -2.23. The van der Waals surface area contributed by atoms with Crippen LogP contribution < -0.4 is 16.2 Å². The van der Waals surface area contributed by atoms with E-state index in [0.29, 0.717) is 24.9 Å². The highest BCUT2D eigenvalue weighted by Crippen LogP contribution is 2.07. The minimum atomic E-state index is -0.389. The van der Waals surface area contributed by atoms with E-state index in [1.54, 1.807) is 19.9 Å². The predicted molar refractivity (Wildman–Crippen MR) is 70.0 cm³/mol. The number of hydrogen-bond donors (Lipinski definition) is 3. The lowest BCUT2D eigenvalue weighted by atomic mass is 10.1. The number of piperidine rings is 1. The summed E-state index contributed by atoms with van der Waals surface area (Å²) in [4.78, 5) is 37.6. The molecular formula is C13H17N3O3. The molecule has 6 nitrogen and oxygen atoms in total. The lowest BCUT2D eigenvalue weighted by molar-refractivity contribution is -0.122. The van der Waals surface area contributed by atoms with Crippen LogP contribution in [0.2, 0.25) is 0 Å². The molecule has 2 amide bonds. The molecule has 0 aliphatic carbocycles. The van der Waals surface area contributed by atoms with E-state index in [1.165, 1.54) is 0 Å². The Kier molecular flexibility index (Phi) is 3.69. The maximum Gasteiger partial charge on any atom is 0.261 e. The molecule has 1 atom stereocenters. The van der Waals surface area contributed by atoms with E-state index in [4.69, 9.17) is 0 Å². The predicted octanol–water partition coefficient (Wildman–Crippen LogP) is 0.000140. The second-order valence-corrected chi connectivity index (χ2v) is 4.85. The smallest absolute Gasteiger partial charge is 0.261 e. The Hall–Kier alpha value is -2.11. The van der Waals surface area contributed by atoms with E-state index in [-0.39, 0.29) is 29.0 Å². The average molecular weight is 263 g/mol. The van der Waals surface area contributed by atoms with Gasteiger partial charge < -0.3 is 15.6 Å². The van der Waals surface area contributed by atoms with E-state index in [1.807, 2.05) is 0 Å². The molecule has 1 saturated heterocycles. The minimum absolute atomic E-state index is 0.00476. The summed E-state index contributed by atoms with van der Waals surface area (Å²) < 4.78 is 0. The van der Waals surface area contributed by atoms with Gasteiger partial charge in [-0.2, -0.15) is 0 Å². The van der Waals surface area contributed by atoms with E-state index in [9.17, 15) is 14.4 Å². The van der Waals surface area contributed by atoms with Gasteiger partial charge in [-0.1, -0.05) is 0 Å². The van der Waals surface area contributed by atoms with E-state index in [2.05, 4.69) is 15.6 Å². The van der Waals surface area contributed by atoms with Crippen LogP contribution >= 0.6 is 0 Å². The Morgan fingerprint density at radius 1 is 1.37 bits per heavy atom. The third kappa shape index (κ3) is 3.01. The van der Waals surface area contributed by atoms with E-state index in [0.717, 1.165) is 5.69 Å². The second kappa shape index (κ2) is 5.26. The number of rotatable bonds is 2. The van der Waals surface area contributed by atoms with Crippen LogP contribution in [0.1, 0.15) is 34.5 Å². The summed E-state index contributed by atoms with van der Waals surface area (Å²) in [6.45, 7) is 3.92. The van der Waals surface area contributed by atoms with Crippen molar-refractivity contribution in [2.24, 2.45) is 0 Å². The number of hydrogen-bond acceptors (Lipinski definition) is 3. The number of nitrogens with one attached hydrogen (secondary N) is 3. The van der Waals surface area contributed by atoms with Gasteiger partial charge in [0.25, 0.3) is 11.5 Å². The summed E-state index contributed by atoms with van der Waals surface area (Å²) in [5, 5.41) is 5.47. The topological polar surface area (TPSA) is 91.1 Å². The van der Waals surface area contributed by atoms with Crippen LogP contribution in [0.3, 0.4) is 0 Å². The Morgan fingerprint density at radius 2 is 2.11 bits per heavy atom. The summed E-state index contributed by atoms with van der Waals surface area (Å²) in [5.41, 5.74) is 1.14. The number of aryl methyl sites for hydroxylation is 2. The van der Waals surface area contributed by atoms with Gasteiger partial charge >= 0.3 is 0 Å². The normalized spacial score (nSPS) is 18.8. The monoisotopic (exact) mass is 263 g/mol. The Bertz CT molecular complexity index is 567. The van der Waals surface area contributed by atoms with Crippen LogP contribution in [0, 0.1) is 13.8 Å². The van der Waals surface area contributed by atoms with Crippen LogP contribution in [0.15, 0.2) is 10.9 Å². The summed E-state index contributed by atoms with van der Waals surface area (Å²) in [5.74, 6) is -0.394. The summed E-state index contributed by atoms with van der Waals surface area (Å²) in [7, 11) is 0. The van der Waals surface area contributed by atoms with Crippen LogP contribution in [0.4, 0.5) is 0 Å². The van der Waals surface area contributed by atoms with E-state index < -0.39 is 0 Å². The number of carbonyl (C=O) groups excluding carboxylic acids is 2. The quantitative estimate of drug-likeness (QED) is 0.701. The van der Waals surface area contributed by atoms with Crippen molar-refractivity contribution in [2.75, 3.05) is 6.54 Å². The number of H-pyrrole nitrogens is 1. The molecule has 102 valence electrons. The van der Waals surface area contributed by atoms with Gasteiger partial charge in [0.2, 0.25) is 5.91 Å². The Morgan fingerprint density at radius 3 is 2.68 bits per heavy atom. The maximum absolute atomic E-state index is 12.1. The first kappa shape index (κ1) is 13.3. The molecule has 2 rings (SSSR count). The molecule has 1 aliphatic heterocycles. The number of carbonyl (C=O) groups is 2. The van der Waals surface area contributed by atoms with Gasteiger partial charge in [-0.3, -0.25) is 14.4 Å². The maximum atomic E-state index is 12.1. The second-order valence-electron chi connectivity index (χ2n) is 4.85. The molecule has 3 N–H and O–H groups in total.